The zero-order chi connectivity index (χ0) is 15.8. The molecule has 1 amide bonds. The molecule has 1 aromatic rings. The van der Waals surface area contributed by atoms with E-state index >= 15 is 0 Å². The topological polar surface area (TPSA) is 59.0 Å². The van der Waals surface area contributed by atoms with E-state index in [1.54, 1.807) is 4.90 Å². The highest BCUT2D eigenvalue weighted by molar-refractivity contribution is 5.68. The van der Waals surface area contributed by atoms with Gasteiger partial charge in [0.25, 0.3) is 0 Å². The molecule has 0 bridgehead atoms. The van der Waals surface area contributed by atoms with E-state index in [-0.39, 0.29) is 31.4 Å². The van der Waals surface area contributed by atoms with Gasteiger partial charge in [0.05, 0.1) is 25.9 Å². The molecule has 0 radical (unpaired) electrons. The molecule has 22 heavy (non-hydrogen) atoms. The third kappa shape index (κ3) is 4.71. The smallest absolute Gasteiger partial charge is 0.410 e. The molecule has 5 nitrogen and oxygen atoms in total. The van der Waals surface area contributed by atoms with Crippen molar-refractivity contribution in [2.45, 2.75) is 44.9 Å². The molecule has 1 aromatic carbocycles. The van der Waals surface area contributed by atoms with E-state index in [0.717, 1.165) is 24.8 Å². The summed E-state index contributed by atoms with van der Waals surface area (Å²) in [5.41, 5.74) is 0.980. The lowest BCUT2D eigenvalue weighted by Crippen LogP contribution is -2.51. The van der Waals surface area contributed by atoms with Crippen molar-refractivity contribution in [3.05, 3.63) is 35.9 Å². The van der Waals surface area contributed by atoms with Gasteiger partial charge in [-0.2, -0.15) is 0 Å². The molecule has 122 valence electrons. The lowest BCUT2D eigenvalue weighted by molar-refractivity contribution is 0.000352. The van der Waals surface area contributed by atoms with Crippen molar-refractivity contribution in [3.63, 3.8) is 0 Å². The van der Waals surface area contributed by atoms with Crippen LogP contribution in [0.4, 0.5) is 4.79 Å². The fourth-order valence-electron chi connectivity index (χ4n) is 2.86. The number of nitrogens with zero attached hydrogens (tertiary/aromatic N) is 1. The summed E-state index contributed by atoms with van der Waals surface area (Å²) in [6.07, 6.45) is 2.69. The third-order valence-electron chi connectivity index (χ3n) is 3.99. The Morgan fingerprint density at radius 3 is 2.82 bits per heavy atom. The summed E-state index contributed by atoms with van der Waals surface area (Å²) in [5.74, 6) is 0. The predicted octanol–water partition coefficient (Wildman–Crippen LogP) is 2.58. The molecule has 0 unspecified atom stereocenters. The Kier molecular flexibility index (Phi) is 6.68. The maximum atomic E-state index is 12.4. The summed E-state index contributed by atoms with van der Waals surface area (Å²) in [6, 6.07) is 9.85. The van der Waals surface area contributed by atoms with Crippen LogP contribution in [0, 0.1) is 0 Å². The fourth-order valence-corrected chi connectivity index (χ4v) is 2.86. The van der Waals surface area contributed by atoms with Gasteiger partial charge >= 0.3 is 6.09 Å². The first-order valence-corrected chi connectivity index (χ1v) is 7.90. The highest BCUT2D eigenvalue weighted by atomic mass is 16.6. The number of hydrogen-bond acceptors (Lipinski definition) is 4. The van der Waals surface area contributed by atoms with Crippen LogP contribution < -0.4 is 0 Å². The maximum Gasteiger partial charge on any atom is 0.410 e. The number of rotatable bonds is 6. The van der Waals surface area contributed by atoms with E-state index in [1.807, 2.05) is 37.3 Å². The van der Waals surface area contributed by atoms with Gasteiger partial charge < -0.3 is 19.5 Å². The van der Waals surface area contributed by atoms with Gasteiger partial charge in [-0.25, -0.2) is 4.79 Å². The number of amides is 1. The first-order valence-electron chi connectivity index (χ1n) is 7.90. The summed E-state index contributed by atoms with van der Waals surface area (Å²) in [5, 5.41) is 8.80. The van der Waals surface area contributed by atoms with E-state index in [1.165, 1.54) is 0 Å². The van der Waals surface area contributed by atoms with E-state index in [2.05, 4.69) is 0 Å². The van der Waals surface area contributed by atoms with Crippen molar-refractivity contribution >= 4 is 6.09 Å². The molecular formula is C17H25NO4. The maximum absolute atomic E-state index is 12.4. The minimum absolute atomic E-state index is 0.000721. The largest absolute Gasteiger partial charge is 0.445 e. The number of aliphatic hydroxyl groups excluding tert-OH is 1. The van der Waals surface area contributed by atoms with Crippen molar-refractivity contribution in [1.29, 1.82) is 0 Å². The number of aliphatic hydroxyl groups is 1. The molecule has 5 heteroatoms. The summed E-state index contributed by atoms with van der Waals surface area (Å²) in [6.45, 7) is 3.08. The summed E-state index contributed by atoms with van der Waals surface area (Å²) >= 11 is 0. The van der Waals surface area contributed by atoms with Crippen LogP contribution in [0.1, 0.15) is 31.7 Å². The monoisotopic (exact) mass is 307 g/mol. The van der Waals surface area contributed by atoms with Gasteiger partial charge in [0.1, 0.15) is 6.61 Å². The second-order valence-electron chi connectivity index (χ2n) is 5.68. The number of carbonyl (C=O) groups excluding carboxylic acids is 1. The Balaban J connectivity index is 1.91. The van der Waals surface area contributed by atoms with Crippen molar-refractivity contribution in [2.75, 3.05) is 19.8 Å². The summed E-state index contributed by atoms with van der Waals surface area (Å²) < 4.78 is 10.9. The molecule has 1 aliphatic rings. The Hall–Kier alpha value is -1.59. The van der Waals surface area contributed by atoms with Crippen LogP contribution in [0.3, 0.4) is 0 Å². The molecular weight excluding hydrogens is 282 g/mol. The average Bonchev–Trinajstić information content (AvgIpc) is 2.54. The minimum Gasteiger partial charge on any atom is -0.445 e. The first kappa shape index (κ1) is 16.8. The molecule has 0 aliphatic carbocycles. The summed E-state index contributed by atoms with van der Waals surface area (Å²) in [4.78, 5) is 14.2. The number of piperidine rings is 1. The Labute approximate surface area is 131 Å². The van der Waals surface area contributed by atoms with Crippen LogP contribution in [0.5, 0.6) is 0 Å². The molecule has 2 atom stereocenters. The average molecular weight is 307 g/mol. The van der Waals surface area contributed by atoms with Gasteiger partial charge in [-0.15, -0.1) is 0 Å². The van der Waals surface area contributed by atoms with Crippen LogP contribution >= 0.6 is 0 Å². The minimum atomic E-state index is -0.284. The Morgan fingerprint density at radius 2 is 2.09 bits per heavy atom. The second kappa shape index (κ2) is 8.76. The molecule has 0 spiro atoms. The molecule has 0 saturated carbocycles. The van der Waals surface area contributed by atoms with E-state index in [9.17, 15) is 4.79 Å². The zero-order valence-electron chi connectivity index (χ0n) is 13.1. The van der Waals surface area contributed by atoms with Crippen molar-refractivity contribution in [2.24, 2.45) is 0 Å². The van der Waals surface area contributed by atoms with Gasteiger partial charge in [-0.3, -0.25) is 0 Å². The number of likely N-dealkylation sites (tertiary alicyclic amines) is 1. The number of benzene rings is 1. The Morgan fingerprint density at radius 1 is 1.32 bits per heavy atom. The lowest BCUT2D eigenvalue weighted by Gasteiger charge is -2.39. The van der Waals surface area contributed by atoms with Gasteiger partial charge in [0.15, 0.2) is 0 Å². The molecule has 1 aliphatic heterocycles. The van der Waals surface area contributed by atoms with E-state index in [0.29, 0.717) is 13.2 Å². The number of ether oxygens (including phenoxy) is 2. The van der Waals surface area contributed by atoms with E-state index in [4.69, 9.17) is 14.6 Å². The normalized spacial score (nSPS) is 21.6. The number of carbonyl (C=O) groups is 1. The molecule has 2 rings (SSSR count). The molecule has 1 N–H and O–H groups in total. The van der Waals surface area contributed by atoms with Gasteiger partial charge in [0.2, 0.25) is 0 Å². The van der Waals surface area contributed by atoms with Crippen LogP contribution in [0.15, 0.2) is 30.3 Å². The van der Waals surface area contributed by atoms with Crippen LogP contribution in [-0.2, 0) is 16.1 Å². The number of hydrogen-bond donors (Lipinski definition) is 1. The molecule has 1 heterocycles. The molecule has 1 saturated heterocycles. The fraction of sp³-hybridized carbons (Fsp3) is 0.588. The van der Waals surface area contributed by atoms with Crippen molar-refractivity contribution in [1.82, 2.24) is 4.90 Å². The van der Waals surface area contributed by atoms with Crippen LogP contribution in [0.25, 0.3) is 0 Å². The second-order valence-corrected chi connectivity index (χ2v) is 5.68. The van der Waals surface area contributed by atoms with Crippen LogP contribution in [0.2, 0.25) is 0 Å². The van der Waals surface area contributed by atoms with Crippen LogP contribution in [-0.4, -0.2) is 48.0 Å². The lowest BCUT2D eigenvalue weighted by atomic mass is 9.97. The third-order valence-corrected chi connectivity index (χ3v) is 3.99. The van der Waals surface area contributed by atoms with Gasteiger partial charge in [0, 0.05) is 6.04 Å². The first-order chi connectivity index (χ1) is 10.7. The standard InChI is InChI=1S/C17H25NO4/c1-14-6-5-9-16(13-21-11-10-19)18(14)17(20)22-12-15-7-3-2-4-8-15/h2-4,7-8,14,16,19H,5-6,9-13H2,1H3/t14-,16-/m1/s1. The molecule has 1 fully saturated rings. The quantitative estimate of drug-likeness (QED) is 0.821. The van der Waals surface area contributed by atoms with E-state index < -0.39 is 0 Å². The van der Waals surface area contributed by atoms with Gasteiger partial charge in [-0.1, -0.05) is 30.3 Å². The van der Waals surface area contributed by atoms with Crippen molar-refractivity contribution in [3.8, 4) is 0 Å². The highest BCUT2D eigenvalue weighted by Gasteiger charge is 2.32. The predicted molar refractivity (Wildman–Crippen MR) is 83.5 cm³/mol. The Bertz CT molecular complexity index is 451. The summed E-state index contributed by atoms with van der Waals surface area (Å²) in [7, 11) is 0. The molecule has 0 aromatic heterocycles. The van der Waals surface area contributed by atoms with Crippen molar-refractivity contribution < 1.29 is 19.4 Å². The SMILES string of the molecule is C[C@@H]1CCC[C@H](COCCO)N1C(=O)OCc1ccccc1. The highest BCUT2D eigenvalue weighted by Crippen LogP contribution is 2.24. The zero-order valence-corrected chi connectivity index (χ0v) is 13.1. The van der Waals surface area contributed by atoms with Gasteiger partial charge in [-0.05, 0) is 31.7 Å².